The normalized spacial score (nSPS) is 10.2. The molecule has 0 aliphatic heterocycles. The third-order valence-electron chi connectivity index (χ3n) is 3.41. The van der Waals surface area contributed by atoms with E-state index in [1.54, 1.807) is 36.4 Å². The number of carbonyl (C=O) groups is 3. The SMILES string of the molecule is O=C(CCNC(=O)c1ccco1)NCCCC(=O)Nc1ccc(Cl)cc1. The highest BCUT2D eigenvalue weighted by Crippen LogP contribution is 2.13. The molecule has 1 aromatic heterocycles. The average Bonchev–Trinajstić information content (AvgIpc) is 3.15. The summed E-state index contributed by atoms with van der Waals surface area (Å²) in [4.78, 5) is 35.1. The second-order valence-corrected chi connectivity index (χ2v) is 5.93. The minimum atomic E-state index is -0.360. The van der Waals surface area contributed by atoms with Crippen LogP contribution in [0.15, 0.2) is 47.1 Å². The predicted molar refractivity (Wildman–Crippen MR) is 98.0 cm³/mol. The smallest absolute Gasteiger partial charge is 0.286 e. The van der Waals surface area contributed by atoms with Crippen molar-refractivity contribution in [3.63, 3.8) is 0 Å². The van der Waals surface area contributed by atoms with Crippen LogP contribution in [0.25, 0.3) is 0 Å². The number of hydrogen-bond acceptors (Lipinski definition) is 4. The maximum absolute atomic E-state index is 11.8. The molecule has 1 heterocycles. The zero-order valence-corrected chi connectivity index (χ0v) is 14.8. The number of anilines is 1. The van der Waals surface area contributed by atoms with Crippen LogP contribution in [-0.4, -0.2) is 30.8 Å². The topological polar surface area (TPSA) is 100 Å². The minimum absolute atomic E-state index is 0.132. The summed E-state index contributed by atoms with van der Waals surface area (Å²) < 4.78 is 4.95. The van der Waals surface area contributed by atoms with Gasteiger partial charge in [-0.05, 0) is 42.8 Å². The maximum Gasteiger partial charge on any atom is 0.286 e. The van der Waals surface area contributed by atoms with Crippen molar-refractivity contribution in [2.24, 2.45) is 0 Å². The molecule has 0 radical (unpaired) electrons. The van der Waals surface area contributed by atoms with E-state index >= 15 is 0 Å². The molecular weight excluding hydrogens is 358 g/mol. The molecule has 0 atom stereocenters. The lowest BCUT2D eigenvalue weighted by atomic mass is 10.2. The van der Waals surface area contributed by atoms with Crippen LogP contribution >= 0.6 is 11.6 Å². The Morgan fingerprint density at radius 2 is 1.69 bits per heavy atom. The Hall–Kier alpha value is -2.80. The molecule has 0 unspecified atom stereocenters. The summed E-state index contributed by atoms with van der Waals surface area (Å²) in [6, 6.07) is 10.00. The number of amides is 3. The van der Waals surface area contributed by atoms with Gasteiger partial charge in [0.25, 0.3) is 5.91 Å². The number of carbonyl (C=O) groups excluding carboxylic acids is 3. The number of benzene rings is 1. The molecule has 3 amide bonds. The third-order valence-corrected chi connectivity index (χ3v) is 3.67. The van der Waals surface area contributed by atoms with Gasteiger partial charge >= 0.3 is 0 Å². The van der Waals surface area contributed by atoms with Gasteiger partial charge in [-0.3, -0.25) is 14.4 Å². The van der Waals surface area contributed by atoms with Crippen molar-refractivity contribution >= 4 is 35.0 Å². The van der Waals surface area contributed by atoms with Crippen LogP contribution in [0, 0.1) is 0 Å². The van der Waals surface area contributed by atoms with Gasteiger partial charge in [0.15, 0.2) is 5.76 Å². The molecule has 8 heteroatoms. The second kappa shape index (κ2) is 10.2. The van der Waals surface area contributed by atoms with Crippen LogP contribution in [-0.2, 0) is 9.59 Å². The van der Waals surface area contributed by atoms with E-state index in [4.69, 9.17) is 16.0 Å². The van der Waals surface area contributed by atoms with Gasteiger partial charge in [-0.1, -0.05) is 11.6 Å². The molecule has 0 fully saturated rings. The molecule has 2 aromatic rings. The van der Waals surface area contributed by atoms with Gasteiger partial charge in [0.1, 0.15) is 0 Å². The fourth-order valence-electron chi connectivity index (χ4n) is 2.11. The first-order valence-corrected chi connectivity index (χ1v) is 8.56. The van der Waals surface area contributed by atoms with Crippen molar-refractivity contribution in [1.29, 1.82) is 0 Å². The lowest BCUT2D eigenvalue weighted by molar-refractivity contribution is -0.121. The van der Waals surface area contributed by atoms with Gasteiger partial charge < -0.3 is 20.4 Å². The van der Waals surface area contributed by atoms with Gasteiger partial charge in [0, 0.05) is 36.6 Å². The summed E-state index contributed by atoms with van der Waals surface area (Å²) in [5.74, 6) is -0.478. The Balaban J connectivity index is 1.53. The van der Waals surface area contributed by atoms with Crippen molar-refractivity contribution < 1.29 is 18.8 Å². The largest absolute Gasteiger partial charge is 0.459 e. The number of rotatable bonds is 9. The van der Waals surface area contributed by atoms with Gasteiger partial charge in [-0.25, -0.2) is 0 Å². The van der Waals surface area contributed by atoms with Crippen molar-refractivity contribution in [3.8, 4) is 0 Å². The first kappa shape index (κ1) is 19.5. The van der Waals surface area contributed by atoms with Gasteiger partial charge in [-0.15, -0.1) is 0 Å². The molecule has 0 spiro atoms. The lowest BCUT2D eigenvalue weighted by Gasteiger charge is -2.07. The predicted octanol–water partition coefficient (Wildman–Crippen LogP) is 2.59. The lowest BCUT2D eigenvalue weighted by Crippen LogP contribution is -2.31. The van der Waals surface area contributed by atoms with Crippen LogP contribution in [0.4, 0.5) is 5.69 Å². The Bertz CT molecular complexity index is 729. The van der Waals surface area contributed by atoms with Crippen molar-refractivity contribution in [1.82, 2.24) is 10.6 Å². The molecule has 0 aliphatic carbocycles. The first-order valence-electron chi connectivity index (χ1n) is 8.18. The van der Waals surface area contributed by atoms with Crippen molar-refractivity contribution in [2.75, 3.05) is 18.4 Å². The highest BCUT2D eigenvalue weighted by Gasteiger charge is 2.09. The maximum atomic E-state index is 11.8. The number of halogens is 1. The van der Waals surface area contributed by atoms with E-state index in [-0.39, 0.29) is 42.9 Å². The monoisotopic (exact) mass is 377 g/mol. The highest BCUT2D eigenvalue weighted by molar-refractivity contribution is 6.30. The zero-order chi connectivity index (χ0) is 18.8. The van der Waals surface area contributed by atoms with Crippen LogP contribution in [0.1, 0.15) is 29.8 Å². The second-order valence-electron chi connectivity index (χ2n) is 5.49. The molecule has 26 heavy (non-hydrogen) atoms. The molecule has 0 saturated heterocycles. The van der Waals surface area contributed by atoms with Crippen LogP contribution in [0.3, 0.4) is 0 Å². The van der Waals surface area contributed by atoms with Crippen molar-refractivity contribution in [3.05, 3.63) is 53.4 Å². The molecule has 0 aliphatic rings. The molecule has 138 valence electrons. The average molecular weight is 378 g/mol. The van der Waals surface area contributed by atoms with Gasteiger partial charge in [0.05, 0.1) is 6.26 Å². The van der Waals surface area contributed by atoms with E-state index < -0.39 is 0 Å². The van der Waals surface area contributed by atoms with E-state index in [0.717, 1.165) is 0 Å². The third kappa shape index (κ3) is 6.98. The molecule has 2 rings (SSSR count). The summed E-state index contributed by atoms with van der Waals surface area (Å²) in [7, 11) is 0. The number of furan rings is 1. The Morgan fingerprint density at radius 1 is 0.923 bits per heavy atom. The highest BCUT2D eigenvalue weighted by atomic mass is 35.5. The fraction of sp³-hybridized carbons (Fsp3) is 0.278. The minimum Gasteiger partial charge on any atom is -0.459 e. The van der Waals surface area contributed by atoms with Crippen molar-refractivity contribution in [2.45, 2.75) is 19.3 Å². The molecule has 0 bridgehead atoms. The first-order chi connectivity index (χ1) is 12.5. The van der Waals surface area contributed by atoms with Gasteiger partial charge in [-0.2, -0.15) is 0 Å². The standard InChI is InChI=1S/C18H20ClN3O4/c19-13-5-7-14(8-6-13)22-17(24)4-1-10-20-16(23)9-11-21-18(25)15-3-2-12-26-15/h2-3,5-8,12H,1,4,9-11H2,(H,20,23)(H,21,25)(H,22,24). The fourth-order valence-corrected chi connectivity index (χ4v) is 2.23. The summed E-state index contributed by atoms with van der Waals surface area (Å²) in [6.07, 6.45) is 2.37. The van der Waals surface area contributed by atoms with Crippen LogP contribution in [0.2, 0.25) is 5.02 Å². The molecule has 3 N–H and O–H groups in total. The van der Waals surface area contributed by atoms with Crippen LogP contribution < -0.4 is 16.0 Å². The zero-order valence-electron chi connectivity index (χ0n) is 14.1. The van der Waals surface area contributed by atoms with E-state index in [1.807, 2.05) is 0 Å². The van der Waals surface area contributed by atoms with Crippen LogP contribution in [0.5, 0.6) is 0 Å². The Morgan fingerprint density at radius 3 is 2.38 bits per heavy atom. The summed E-state index contributed by atoms with van der Waals surface area (Å²) in [5.41, 5.74) is 0.677. The van der Waals surface area contributed by atoms with Gasteiger partial charge in [0.2, 0.25) is 11.8 Å². The van der Waals surface area contributed by atoms with E-state index in [1.165, 1.54) is 6.26 Å². The Kier molecular flexibility index (Phi) is 7.70. The molecule has 1 aromatic carbocycles. The molecular formula is C18H20ClN3O4. The summed E-state index contributed by atoms with van der Waals surface area (Å²) >= 11 is 5.78. The quantitative estimate of drug-likeness (QED) is 0.585. The van der Waals surface area contributed by atoms with E-state index in [2.05, 4.69) is 16.0 Å². The number of hydrogen-bond donors (Lipinski definition) is 3. The van der Waals surface area contributed by atoms with E-state index in [0.29, 0.717) is 23.7 Å². The molecule has 7 nitrogen and oxygen atoms in total. The Labute approximate surface area is 156 Å². The summed E-state index contributed by atoms with van der Waals surface area (Å²) in [6.45, 7) is 0.599. The molecule has 0 saturated carbocycles. The van der Waals surface area contributed by atoms with E-state index in [9.17, 15) is 14.4 Å². The number of nitrogens with one attached hydrogen (secondary N) is 3. The summed E-state index contributed by atoms with van der Waals surface area (Å²) in [5, 5.41) is 8.65.